The predicted molar refractivity (Wildman–Crippen MR) is 76.0 cm³/mol. The summed E-state index contributed by atoms with van der Waals surface area (Å²) in [6.45, 7) is 4.26. The van der Waals surface area contributed by atoms with E-state index in [2.05, 4.69) is 31.3 Å². The zero-order valence-electron chi connectivity index (χ0n) is 12.0. The molecular formula is C16H23NO2. The molecule has 0 bridgehead atoms. The number of hydrogen-bond donors (Lipinski definition) is 1. The van der Waals surface area contributed by atoms with E-state index in [1.165, 1.54) is 12.0 Å². The van der Waals surface area contributed by atoms with E-state index in [0.717, 1.165) is 30.8 Å². The average Bonchev–Trinajstić information content (AvgIpc) is 2.92. The van der Waals surface area contributed by atoms with E-state index < -0.39 is 0 Å². The van der Waals surface area contributed by atoms with Gasteiger partial charge in [-0.1, -0.05) is 12.1 Å². The van der Waals surface area contributed by atoms with Crippen LogP contribution in [0.3, 0.4) is 0 Å². The van der Waals surface area contributed by atoms with Gasteiger partial charge in [0.1, 0.15) is 11.7 Å². The first-order chi connectivity index (χ1) is 9.07. The number of fused-ring (bicyclic) bond motifs is 1. The lowest BCUT2D eigenvalue weighted by Gasteiger charge is -2.20. The first kappa shape index (κ1) is 12.8. The predicted octanol–water partition coefficient (Wildman–Crippen LogP) is 2.92. The molecule has 104 valence electrons. The van der Waals surface area contributed by atoms with Gasteiger partial charge < -0.3 is 14.8 Å². The molecule has 1 saturated carbocycles. The van der Waals surface area contributed by atoms with Crippen LogP contribution in [-0.4, -0.2) is 24.8 Å². The molecule has 2 atom stereocenters. The van der Waals surface area contributed by atoms with Crippen LogP contribution in [0.2, 0.25) is 0 Å². The first-order valence-corrected chi connectivity index (χ1v) is 7.22. The van der Waals surface area contributed by atoms with E-state index in [9.17, 15) is 0 Å². The highest BCUT2D eigenvalue weighted by Crippen LogP contribution is 2.42. The van der Waals surface area contributed by atoms with Crippen LogP contribution in [-0.2, 0) is 6.42 Å². The molecule has 3 heteroatoms. The largest absolute Gasteiger partial charge is 0.486 e. The zero-order chi connectivity index (χ0) is 13.5. The fraction of sp³-hybridized carbons (Fsp3) is 0.625. The summed E-state index contributed by atoms with van der Waals surface area (Å²) >= 11 is 0. The Morgan fingerprint density at radius 1 is 1.32 bits per heavy atom. The van der Waals surface area contributed by atoms with Crippen molar-refractivity contribution >= 4 is 0 Å². The Labute approximate surface area is 115 Å². The third kappa shape index (κ3) is 2.57. The minimum atomic E-state index is -0.106. The minimum absolute atomic E-state index is 0.106. The van der Waals surface area contributed by atoms with Crippen molar-refractivity contribution in [1.29, 1.82) is 0 Å². The fourth-order valence-electron chi connectivity index (χ4n) is 3.17. The lowest BCUT2D eigenvalue weighted by molar-refractivity contribution is 0.125. The molecule has 3 rings (SSSR count). The van der Waals surface area contributed by atoms with Gasteiger partial charge in [-0.25, -0.2) is 0 Å². The summed E-state index contributed by atoms with van der Waals surface area (Å²) in [7, 11) is 2.03. The van der Waals surface area contributed by atoms with Crippen LogP contribution >= 0.6 is 0 Å². The van der Waals surface area contributed by atoms with Crippen molar-refractivity contribution in [1.82, 2.24) is 5.32 Å². The van der Waals surface area contributed by atoms with Crippen molar-refractivity contribution in [2.45, 2.75) is 57.3 Å². The van der Waals surface area contributed by atoms with Gasteiger partial charge in [0.2, 0.25) is 0 Å². The number of hydrogen-bond acceptors (Lipinski definition) is 3. The average molecular weight is 261 g/mol. The van der Waals surface area contributed by atoms with Crippen LogP contribution in [0.5, 0.6) is 11.5 Å². The van der Waals surface area contributed by atoms with Crippen LogP contribution in [0.25, 0.3) is 0 Å². The molecule has 1 heterocycles. The van der Waals surface area contributed by atoms with Gasteiger partial charge >= 0.3 is 0 Å². The number of para-hydroxylation sites is 1. The van der Waals surface area contributed by atoms with Gasteiger partial charge in [0.25, 0.3) is 0 Å². The summed E-state index contributed by atoms with van der Waals surface area (Å²) < 4.78 is 12.2. The second-order valence-corrected chi connectivity index (χ2v) is 6.32. The van der Waals surface area contributed by atoms with Crippen LogP contribution in [0.1, 0.15) is 38.7 Å². The van der Waals surface area contributed by atoms with Gasteiger partial charge in [-0.15, -0.1) is 0 Å². The summed E-state index contributed by atoms with van der Waals surface area (Å²) in [5.41, 5.74) is 1.16. The van der Waals surface area contributed by atoms with Crippen LogP contribution < -0.4 is 14.8 Å². The Hall–Kier alpha value is -1.22. The second-order valence-electron chi connectivity index (χ2n) is 6.32. The molecule has 1 aliphatic carbocycles. The SMILES string of the molecule is CNC1CCC(Oc2cccc3c2OC(C)(C)C3)C1. The van der Waals surface area contributed by atoms with Gasteiger partial charge in [-0.3, -0.25) is 0 Å². The van der Waals surface area contributed by atoms with Gasteiger partial charge in [0.15, 0.2) is 11.5 Å². The number of nitrogens with one attached hydrogen (secondary N) is 1. The van der Waals surface area contributed by atoms with Gasteiger partial charge in [-0.2, -0.15) is 0 Å². The lowest BCUT2D eigenvalue weighted by Crippen LogP contribution is -2.25. The monoisotopic (exact) mass is 261 g/mol. The summed E-state index contributed by atoms with van der Waals surface area (Å²) in [6, 6.07) is 6.84. The summed E-state index contributed by atoms with van der Waals surface area (Å²) in [4.78, 5) is 0. The normalized spacial score (nSPS) is 27.9. The molecule has 0 amide bonds. The molecule has 2 aliphatic rings. The van der Waals surface area contributed by atoms with Gasteiger partial charge in [0.05, 0.1) is 0 Å². The molecule has 1 N–H and O–H groups in total. The van der Waals surface area contributed by atoms with Crippen LogP contribution in [0.4, 0.5) is 0 Å². The number of benzene rings is 1. The maximum atomic E-state index is 6.18. The maximum Gasteiger partial charge on any atom is 0.165 e. The Balaban J connectivity index is 1.75. The van der Waals surface area contributed by atoms with Crippen molar-refractivity contribution in [3.05, 3.63) is 23.8 Å². The van der Waals surface area contributed by atoms with Gasteiger partial charge in [0, 0.05) is 18.0 Å². The van der Waals surface area contributed by atoms with Crippen molar-refractivity contribution in [2.24, 2.45) is 0 Å². The van der Waals surface area contributed by atoms with Crippen LogP contribution in [0.15, 0.2) is 18.2 Å². The molecule has 3 nitrogen and oxygen atoms in total. The van der Waals surface area contributed by atoms with E-state index in [4.69, 9.17) is 9.47 Å². The standard InChI is InChI=1S/C16H23NO2/c1-16(2)10-11-5-4-6-14(15(11)19-16)18-13-8-7-12(9-13)17-3/h4-6,12-13,17H,7-10H2,1-3H3. The Morgan fingerprint density at radius 3 is 2.89 bits per heavy atom. The Morgan fingerprint density at radius 2 is 2.16 bits per heavy atom. The molecule has 0 spiro atoms. The third-order valence-electron chi connectivity index (χ3n) is 4.14. The molecule has 1 aliphatic heterocycles. The zero-order valence-corrected chi connectivity index (χ0v) is 12.0. The molecule has 1 fully saturated rings. The highest BCUT2D eigenvalue weighted by Gasteiger charge is 2.33. The third-order valence-corrected chi connectivity index (χ3v) is 4.14. The molecule has 0 radical (unpaired) electrons. The van der Waals surface area contributed by atoms with Crippen molar-refractivity contribution in [3.8, 4) is 11.5 Å². The van der Waals surface area contributed by atoms with E-state index in [1.807, 2.05) is 13.1 Å². The number of rotatable bonds is 3. The molecule has 2 unspecified atom stereocenters. The first-order valence-electron chi connectivity index (χ1n) is 7.22. The Bertz CT molecular complexity index is 470. The van der Waals surface area contributed by atoms with Crippen molar-refractivity contribution in [3.63, 3.8) is 0 Å². The molecule has 0 aromatic heterocycles. The molecule has 1 aromatic rings. The van der Waals surface area contributed by atoms with Crippen LogP contribution in [0, 0.1) is 0 Å². The highest BCUT2D eigenvalue weighted by atomic mass is 16.5. The molecule has 19 heavy (non-hydrogen) atoms. The van der Waals surface area contributed by atoms with Crippen molar-refractivity contribution in [2.75, 3.05) is 7.05 Å². The maximum absolute atomic E-state index is 6.18. The van der Waals surface area contributed by atoms with E-state index in [1.54, 1.807) is 0 Å². The second kappa shape index (κ2) is 4.71. The molecule has 1 aromatic carbocycles. The van der Waals surface area contributed by atoms with E-state index in [-0.39, 0.29) is 5.60 Å². The fourth-order valence-corrected chi connectivity index (χ4v) is 3.17. The van der Waals surface area contributed by atoms with E-state index >= 15 is 0 Å². The summed E-state index contributed by atoms with van der Waals surface area (Å²) in [6.07, 6.45) is 4.69. The summed E-state index contributed by atoms with van der Waals surface area (Å²) in [5, 5.41) is 3.33. The molecular weight excluding hydrogens is 238 g/mol. The highest BCUT2D eigenvalue weighted by molar-refractivity contribution is 5.50. The summed E-state index contributed by atoms with van der Waals surface area (Å²) in [5.74, 6) is 1.88. The topological polar surface area (TPSA) is 30.5 Å². The van der Waals surface area contributed by atoms with Gasteiger partial charge in [-0.05, 0) is 46.2 Å². The van der Waals surface area contributed by atoms with Crippen molar-refractivity contribution < 1.29 is 9.47 Å². The Kier molecular flexibility index (Phi) is 3.17. The minimum Gasteiger partial charge on any atom is -0.486 e. The molecule has 0 saturated heterocycles. The van der Waals surface area contributed by atoms with E-state index in [0.29, 0.717) is 12.1 Å². The lowest BCUT2D eigenvalue weighted by atomic mass is 10.0. The number of ether oxygens (including phenoxy) is 2. The quantitative estimate of drug-likeness (QED) is 0.907. The smallest absolute Gasteiger partial charge is 0.165 e.